The summed E-state index contributed by atoms with van der Waals surface area (Å²) in [5, 5.41) is 8.92. The molecule has 0 aliphatic heterocycles. The lowest BCUT2D eigenvalue weighted by atomic mass is 10.2. The molecule has 0 spiro atoms. The molecule has 6 nitrogen and oxygen atoms in total. The van der Waals surface area contributed by atoms with Gasteiger partial charge in [0.2, 0.25) is 5.88 Å². The Morgan fingerprint density at radius 2 is 2.24 bits per heavy atom. The normalized spacial score (nSPS) is 10.8. The number of H-pyrrole nitrogens is 1. The van der Waals surface area contributed by atoms with Gasteiger partial charge in [0, 0.05) is 12.3 Å². The molecule has 0 saturated heterocycles. The zero-order chi connectivity index (χ0) is 15.0. The maximum Gasteiger partial charge on any atom is 0.338 e. The maximum atomic E-state index is 13.7. The van der Waals surface area contributed by atoms with Gasteiger partial charge in [-0.15, -0.1) is 0 Å². The van der Waals surface area contributed by atoms with Gasteiger partial charge in [-0.1, -0.05) is 0 Å². The average molecular weight is 287 g/mol. The van der Waals surface area contributed by atoms with Crippen LogP contribution in [0.2, 0.25) is 0 Å². The van der Waals surface area contributed by atoms with E-state index in [-0.39, 0.29) is 0 Å². The number of nitrogens with zero attached hydrogens (tertiary/aromatic N) is 2. The number of pyridine rings is 1. The molecule has 0 aliphatic carbocycles. The van der Waals surface area contributed by atoms with Crippen LogP contribution in [0, 0.1) is 5.82 Å². The highest BCUT2D eigenvalue weighted by molar-refractivity contribution is 5.93. The van der Waals surface area contributed by atoms with Gasteiger partial charge in [-0.25, -0.2) is 19.2 Å². The minimum absolute atomic E-state index is 0.356. The van der Waals surface area contributed by atoms with Gasteiger partial charge in [-0.2, -0.15) is 0 Å². The van der Waals surface area contributed by atoms with E-state index in [0.717, 1.165) is 6.07 Å². The number of ether oxygens (including phenoxy) is 1. The van der Waals surface area contributed by atoms with E-state index in [9.17, 15) is 9.18 Å². The van der Waals surface area contributed by atoms with Gasteiger partial charge in [0.05, 0.1) is 29.3 Å². The Hall–Kier alpha value is -2.96. The van der Waals surface area contributed by atoms with Gasteiger partial charge in [0.1, 0.15) is 11.6 Å². The third-order valence-electron chi connectivity index (χ3n) is 3.02. The number of carbonyl (C=O) groups is 1. The number of aromatic carboxylic acids is 1. The molecule has 0 saturated carbocycles. The molecule has 0 atom stereocenters. The number of hydrogen-bond donors (Lipinski definition) is 2. The molecule has 0 aliphatic rings. The minimum Gasteiger partial charge on any atom is -0.480 e. The Bertz CT molecular complexity index is 845. The Balaban J connectivity index is 2.19. The fraction of sp³-hybridized carbons (Fsp3) is 0.0714. The van der Waals surface area contributed by atoms with E-state index >= 15 is 0 Å². The summed E-state index contributed by atoms with van der Waals surface area (Å²) in [4.78, 5) is 22.2. The standard InChI is InChI=1S/C14H10FN3O3/c1-21-13-7(3-2-4-16-13)12-17-10-5-8(14(19)20)9(15)6-11(10)18-12/h2-6H,1H3,(H,17,18)(H,19,20). The van der Waals surface area contributed by atoms with Crippen LogP contribution in [-0.4, -0.2) is 33.1 Å². The summed E-state index contributed by atoms with van der Waals surface area (Å²) in [5.74, 6) is -1.35. The number of nitrogens with one attached hydrogen (secondary N) is 1. The van der Waals surface area contributed by atoms with Gasteiger partial charge in [-0.05, 0) is 18.2 Å². The summed E-state index contributed by atoms with van der Waals surface area (Å²) < 4.78 is 18.8. The fourth-order valence-electron chi connectivity index (χ4n) is 2.06. The van der Waals surface area contributed by atoms with Gasteiger partial charge in [-0.3, -0.25) is 0 Å². The number of fused-ring (bicyclic) bond motifs is 1. The van der Waals surface area contributed by atoms with Crippen molar-refractivity contribution in [3.05, 3.63) is 41.8 Å². The van der Waals surface area contributed by atoms with Crippen LogP contribution in [0.1, 0.15) is 10.4 Å². The summed E-state index contributed by atoms with van der Waals surface area (Å²) in [6, 6.07) is 5.76. The number of imidazole rings is 1. The molecule has 0 unspecified atom stereocenters. The zero-order valence-corrected chi connectivity index (χ0v) is 10.9. The summed E-state index contributed by atoms with van der Waals surface area (Å²) in [6.45, 7) is 0. The SMILES string of the molecule is COc1ncccc1-c1nc2cc(C(=O)O)c(F)cc2[nH]1. The Kier molecular flexibility index (Phi) is 3.02. The lowest BCUT2D eigenvalue weighted by Crippen LogP contribution is -1.99. The summed E-state index contributed by atoms with van der Waals surface area (Å²) in [6.07, 6.45) is 1.58. The summed E-state index contributed by atoms with van der Waals surface area (Å²) in [5.41, 5.74) is 0.945. The van der Waals surface area contributed by atoms with Crippen LogP contribution >= 0.6 is 0 Å². The highest BCUT2D eigenvalue weighted by atomic mass is 19.1. The molecule has 106 valence electrons. The molecule has 21 heavy (non-hydrogen) atoms. The molecule has 3 rings (SSSR count). The van der Waals surface area contributed by atoms with Crippen molar-refractivity contribution in [1.82, 2.24) is 15.0 Å². The van der Waals surface area contributed by atoms with Crippen molar-refractivity contribution >= 4 is 17.0 Å². The first-order chi connectivity index (χ1) is 10.1. The lowest BCUT2D eigenvalue weighted by Gasteiger charge is -2.02. The second-order valence-electron chi connectivity index (χ2n) is 4.30. The second-order valence-corrected chi connectivity index (χ2v) is 4.30. The maximum absolute atomic E-state index is 13.7. The van der Waals surface area contributed by atoms with Crippen molar-refractivity contribution in [3.8, 4) is 17.3 Å². The van der Waals surface area contributed by atoms with Gasteiger partial charge < -0.3 is 14.8 Å². The molecule has 1 aromatic carbocycles. The molecule has 7 heteroatoms. The van der Waals surface area contributed by atoms with E-state index < -0.39 is 17.3 Å². The highest BCUT2D eigenvalue weighted by Crippen LogP contribution is 2.28. The van der Waals surface area contributed by atoms with Crippen LogP contribution in [0.3, 0.4) is 0 Å². The van der Waals surface area contributed by atoms with E-state index in [4.69, 9.17) is 9.84 Å². The van der Waals surface area contributed by atoms with Crippen molar-refractivity contribution in [2.75, 3.05) is 7.11 Å². The topological polar surface area (TPSA) is 88.1 Å². The van der Waals surface area contributed by atoms with E-state index in [1.165, 1.54) is 13.2 Å². The third kappa shape index (κ3) is 2.18. The largest absolute Gasteiger partial charge is 0.480 e. The molecule has 2 heterocycles. The first-order valence-electron chi connectivity index (χ1n) is 6.02. The zero-order valence-electron chi connectivity index (χ0n) is 10.9. The first-order valence-corrected chi connectivity index (χ1v) is 6.02. The van der Waals surface area contributed by atoms with Gasteiger partial charge in [0.15, 0.2) is 0 Å². The van der Waals surface area contributed by atoms with E-state index in [2.05, 4.69) is 15.0 Å². The van der Waals surface area contributed by atoms with Crippen LogP contribution in [0.25, 0.3) is 22.4 Å². The van der Waals surface area contributed by atoms with Gasteiger partial charge in [0.25, 0.3) is 0 Å². The van der Waals surface area contributed by atoms with Crippen molar-refractivity contribution in [1.29, 1.82) is 0 Å². The van der Waals surface area contributed by atoms with Crippen LogP contribution in [0.4, 0.5) is 4.39 Å². The minimum atomic E-state index is -1.34. The number of carboxylic acids is 1. The summed E-state index contributed by atoms with van der Waals surface area (Å²) >= 11 is 0. The molecule has 0 fully saturated rings. The quantitative estimate of drug-likeness (QED) is 0.772. The number of rotatable bonds is 3. The smallest absolute Gasteiger partial charge is 0.338 e. The number of carboxylic acid groups (broad SMARTS) is 1. The number of methoxy groups -OCH3 is 1. The molecular weight excluding hydrogens is 277 g/mol. The van der Waals surface area contributed by atoms with Crippen LogP contribution in [0.15, 0.2) is 30.5 Å². The number of halogens is 1. The van der Waals surface area contributed by atoms with E-state index in [1.807, 2.05) is 0 Å². The monoisotopic (exact) mass is 287 g/mol. The van der Waals surface area contributed by atoms with E-state index in [1.54, 1.807) is 18.3 Å². The molecule has 0 bridgehead atoms. The van der Waals surface area contributed by atoms with Crippen molar-refractivity contribution < 1.29 is 19.0 Å². The van der Waals surface area contributed by atoms with Crippen LogP contribution < -0.4 is 4.74 Å². The Morgan fingerprint density at radius 1 is 1.43 bits per heavy atom. The van der Waals surface area contributed by atoms with E-state index in [0.29, 0.717) is 28.3 Å². The molecule has 2 aromatic heterocycles. The average Bonchev–Trinajstić information content (AvgIpc) is 2.88. The first kappa shape index (κ1) is 13.0. The second kappa shape index (κ2) is 4.86. The Morgan fingerprint density at radius 3 is 2.95 bits per heavy atom. The van der Waals surface area contributed by atoms with Crippen LogP contribution in [0.5, 0.6) is 5.88 Å². The molecule has 2 N–H and O–H groups in total. The molecule has 0 radical (unpaired) electrons. The molecular formula is C14H10FN3O3. The number of benzene rings is 1. The predicted molar refractivity (Wildman–Crippen MR) is 72.8 cm³/mol. The number of aromatic amines is 1. The van der Waals surface area contributed by atoms with Crippen molar-refractivity contribution in [2.45, 2.75) is 0 Å². The van der Waals surface area contributed by atoms with Crippen molar-refractivity contribution in [3.63, 3.8) is 0 Å². The highest BCUT2D eigenvalue weighted by Gasteiger charge is 2.16. The lowest BCUT2D eigenvalue weighted by molar-refractivity contribution is 0.0692. The predicted octanol–water partition coefficient (Wildman–Crippen LogP) is 2.47. The Labute approximate surface area is 118 Å². The molecule has 0 amide bonds. The third-order valence-corrected chi connectivity index (χ3v) is 3.02. The summed E-state index contributed by atoms with van der Waals surface area (Å²) in [7, 11) is 1.48. The van der Waals surface area contributed by atoms with Gasteiger partial charge >= 0.3 is 5.97 Å². The fourth-order valence-corrected chi connectivity index (χ4v) is 2.06. The van der Waals surface area contributed by atoms with Crippen LogP contribution in [-0.2, 0) is 0 Å². The molecule has 3 aromatic rings. The van der Waals surface area contributed by atoms with Crippen molar-refractivity contribution in [2.24, 2.45) is 0 Å². The number of aromatic nitrogens is 3. The number of hydrogen-bond acceptors (Lipinski definition) is 4.